The molecular formula is C11H23NO. The van der Waals surface area contributed by atoms with Crippen molar-refractivity contribution >= 4 is 0 Å². The van der Waals surface area contributed by atoms with Crippen LogP contribution in [-0.4, -0.2) is 23.8 Å². The zero-order valence-corrected chi connectivity index (χ0v) is 9.14. The van der Waals surface area contributed by atoms with Gasteiger partial charge in [0, 0.05) is 6.54 Å². The smallest absolute Gasteiger partial charge is 0.0715 e. The lowest BCUT2D eigenvalue weighted by atomic mass is 10.1. The van der Waals surface area contributed by atoms with Crippen LogP contribution in [0, 0.1) is 11.8 Å². The fourth-order valence-electron chi connectivity index (χ4n) is 2.09. The van der Waals surface area contributed by atoms with Crippen LogP contribution in [0.3, 0.4) is 0 Å². The van der Waals surface area contributed by atoms with Crippen molar-refractivity contribution in [2.45, 2.75) is 45.6 Å². The molecule has 0 aromatic carbocycles. The number of hydrogen-bond acceptors (Lipinski definition) is 2. The molecule has 1 saturated carbocycles. The number of aliphatic hydroxyl groups is 1. The van der Waals surface area contributed by atoms with E-state index in [0.29, 0.717) is 6.54 Å². The van der Waals surface area contributed by atoms with Gasteiger partial charge in [0.1, 0.15) is 0 Å². The van der Waals surface area contributed by atoms with Gasteiger partial charge in [-0.15, -0.1) is 0 Å². The van der Waals surface area contributed by atoms with E-state index in [0.717, 1.165) is 18.4 Å². The van der Waals surface area contributed by atoms with Gasteiger partial charge in [-0.1, -0.05) is 13.3 Å². The first-order chi connectivity index (χ1) is 5.97. The van der Waals surface area contributed by atoms with Crippen LogP contribution in [0.15, 0.2) is 0 Å². The van der Waals surface area contributed by atoms with E-state index in [1.54, 1.807) is 0 Å². The minimum Gasteiger partial charge on any atom is -0.389 e. The molecule has 1 aliphatic rings. The summed E-state index contributed by atoms with van der Waals surface area (Å²) in [7, 11) is 0. The summed E-state index contributed by atoms with van der Waals surface area (Å²) in [5, 5.41) is 12.8. The third kappa shape index (κ3) is 4.63. The van der Waals surface area contributed by atoms with E-state index in [2.05, 4.69) is 12.2 Å². The van der Waals surface area contributed by atoms with Crippen LogP contribution in [0.1, 0.15) is 40.0 Å². The van der Waals surface area contributed by atoms with Gasteiger partial charge >= 0.3 is 0 Å². The standard InChI is InChI=1S/C11H23NO/c1-9-4-5-10(6-9)7-12-8-11(2,3)13/h9-10,12-13H,4-8H2,1-3H3. The Morgan fingerprint density at radius 3 is 2.54 bits per heavy atom. The fourth-order valence-corrected chi connectivity index (χ4v) is 2.09. The highest BCUT2D eigenvalue weighted by molar-refractivity contribution is 4.76. The van der Waals surface area contributed by atoms with Crippen molar-refractivity contribution in [3.8, 4) is 0 Å². The summed E-state index contributed by atoms with van der Waals surface area (Å²) in [5.74, 6) is 1.76. The van der Waals surface area contributed by atoms with Crippen LogP contribution >= 0.6 is 0 Å². The van der Waals surface area contributed by atoms with Crippen molar-refractivity contribution in [3.05, 3.63) is 0 Å². The molecule has 2 heteroatoms. The van der Waals surface area contributed by atoms with Crippen molar-refractivity contribution in [2.24, 2.45) is 11.8 Å². The molecule has 0 saturated heterocycles. The molecule has 1 aliphatic carbocycles. The summed E-state index contributed by atoms with van der Waals surface area (Å²) < 4.78 is 0. The van der Waals surface area contributed by atoms with Gasteiger partial charge in [0.15, 0.2) is 0 Å². The van der Waals surface area contributed by atoms with Crippen molar-refractivity contribution in [1.29, 1.82) is 0 Å². The molecule has 0 bridgehead atoms. The number of rotatable bonds is 4. The second-order valence-electron chi connectivity index (χ2n) is 5.23. The summed E-state index contributed by atoms with van der Waals surface area (Å²) in [4.78, 5) is 0. The highest BCUT2D eigenvalue weighted by Gasteiger charge is 2.21. The van der Waals surface area contributed by atoms with Gasteiger partial charge in [-0.05, 0) is 45.1 Å². The lowest BCUT2D eigenvalue weighted by Gasteiger charge is -2.19. The molecule has 1 rings (SSSR count). The second kappa shape index (κ2) is 4.43. The maximum absolute atomic E-state index is 9.48. The van der Waals surface area contributed by atoms with Gasteiger partial charge in [0.05, 0.1) is 5.60 Å². The molecule has 1 fully saturated rings. The summed E-state index contributed by atoms with van der Waals surface area (Å²) >= 11 is 0. The predicted octanol–water partition coefficient (Wildman–Crippen LogP) is 1.78. The largest absolute Gasteiger partial charge is 0.389 e. The number of hydrogen-bond donors (Lipinski definition) is 2. The summed E-state index contributed by atoms with van der Waals surface area (Å²) in [6.45, 7) is 7.80. The van der Waals surface area contributed by atoms with E-state index >= 15 is 0 Å². The monoisotopic (exact) mass is 185 g/mol. The Balaban J connectivity index is 2.07. The molecule has 2 unspecified atom stereocenters. The molecule has 78 valence electrons. The SMILES string of the molecule is CC1CCC(CNCC(C)(C)O)C1. The minimum absolute atomic E-state index is 0.565. The van der Waals surface area contributed by atoms with Crippen molar-refractivity contribution in [3.63, 3.8) is 0 Å². The van der Waals surface area contributed by atoms with E-state index < -0.39 is 5.60 Å². The Bertz CT molecular complexity index is 151. The molecule has 0 aromatic heterocycles. The quantitative estimate of drug-likeness (QED) is 0.700. The number of nitrogens with one attached hydrogen (secondary N) is 1. The lowest BCUT2D eigenvalue weighted by molar-refractivity contribution is 0.0788. The molecule has 2 atom stereocenters. The Hall–Kier alpha value is -0.0800. The molecule has 0 radical (unpaired) electrons. The van der Waals surface area contributed by atoms with Crippen LogP contribution in [-0.2, 0) is 0 Å². The molecule has 0 spiro atoms. The normalized spacial score (nSPS) is 29.5. The topological polar surface area (TPSA) is 32.3 Å². The molecular weight excluding hydrogens is 162 g/mol. The van der Waals surface area contributed by atoms with Crippen molar-refractivity contribution < 1.29 is 5.11 Å². The van der Waals surface area contributed by atoms with Gasteiger partial charge in [-0.2, -0.15) is 0 Å². The predicted molar refractivity (Wildman–Crippen MR) is 55.7 cm³/mol. The van der Waals surface area contributed by atoms with Gasteiger partial charge in [-0.3, -0.25) is 0 Å². The van der Waals surface area contributed by atoms with Crippen LogP contribution in [0.4, 0.5) is 0 Å². The first kappa shape index (κ1) is 11.0. The molecule has 13 heavy (non-hydrogen) atoms. The maximum atomic E-state index is 9.48. The molecule has 2 nitrogen and oxygen atoms in total. The zero-order chi connectivity index (χ0) is 9.90. The lowest BCUT2D eigenvalue weighted by Crippen LogP contribution is -2.36. The Kier molecular flexibility index (Phi) is 3.74. The zero-order valence-electron chi connectivity index (χ0n) is 9.14. The van der Waals surface area contributed by atoms with Crippen LogP contribution < -0.4 is 5.32 Å². The first-order valence-corrected chi connectivity index (χ1v) is 5.40. The van der Waals surface area contributed by atoms with Gasteiger partial charge in [-0.25, -0.2) is 0 Å². The highest BCUT2D eigenvalue weighted by atomic mass is 16.3. The van der Waals surface area contributed by atoms with E-state index in [4.69, 9.17) is 0 Å². The van der Waals surface area contributed by atoms with Gasteiger partial charge < -0.3 is 10.4 Å². The van der Waals surface area contributed by atoms with Gasteiger partial charge in [0.2, 0.25) is 0 Å². The van der Waals surface area contributed by atoms with E-state index in [-0.39, 0.29) is 0 Å². The summed E-state index contributed by atoms with van der Waals surface area (Å²) in [6.07, 6.45) is 4.10. The third-order valence-corrected chi connectivity index (χ3v) is 2.79. The molecule has 0 heterocycles. The van der Waals surface area contributed by atoms with Gasteiger partial charge in [0.25, 0.3) is 0 Å². The van der Waals surface area contributed by atoms with E-state index in [1.807, 2.05) is 13.8 Å². The van der Waals surface area contributed by atoms with Crippen molar-refractivity contribution in [2.75, 3.05) is 13.1 Å². The van der Waals surface area contributed by atoms with E-state index in [9.17, 15) is 5.11 Å². The summed E-state index contributed by atoms with van der Waals surface area (Å²) in [5.41, 5.74) is -0.565. The second-order valence-corrected chi connectivity index (χ2v) is 5.23. The van der Waals surface area contributed by atoms with E-state index in [1.165, 1.54) is 19.3 Å². The maximum Gasteiger partial charge on any atom is 0.0715 e. The van der Waals surface area contributed by atoms with Crippen molar-refractivity contribution in [1.82, 2.24) is 5.32 Å². The Labute approximate surface area is 81.7 Å². The minimum atomic E-state index is -0.565. The molecule has 0 amide bonds. The highest BCUT2D eigenvalue weighted by Crippen LogP contribution is 2.29. The van der Waals surface area contributed by atoms with Crippen LogP contribution in [0.5, 0.6) is 0 Å². The molecule has 0 aliphatic heterocycles. The average molecular weight is 185 g/mol. The van der Waals surface area contributed by atoms with Crippen LogP contribution in [0.2, 0.25) is 0 Å². The van der Waals surface area contributed by atoms with Crippen LogP contribution in [0.25, 0.3) is 0 Å². The Morgan fingerprint density at radius 1 is 1.38 bits per heavy atom. The molecule has 2 N–H and O–H groups in total. The molecule has 0 aromatic rings. The summed E-state index contributed by atoms with van der Waals surface area (Å²) in [6, 6.07) is 0. The third-order valence-electron chi connectivity index (χ3n) is 2.79. The fraction of sp³-hybridized carbons (Fsp3) is 1.00. The first-order valence-electron chi connectivity index (χ1n) is 5.40. The average Bonchev–Trinajstić information content (AvgIpc) is 2.33. The Morgan fingerprint density at radius 2 is 2.08 bits per heavy atom.